The molecule has 0 bridgehead atoms. The average molecular weight is 407 g/mol. The first kappa shape index (κ1) is 19.1. The summed E-state index contributed by atoms with van der Waals surface area (Å²) in [5.41, 5.74) is 1.47. The third-order valence-electron chi connectivity index (χ3n) is 3.49. The maximum Gasteiger partial charge on any atom is 0.338 e. The molecule has 2 aromatic carbocycles. The summed E-state index contributed by atoms with van der Waals surface area (Å²) >= 11 is 5.84. The van der Waals surface area contributed by atoms with Crippen molar-refractivity contribution in [3.8, 4) is 11.4 Å². The number of ether oxygens (including phenoxy) is 1. The first-order valence-electron chi connectivity index (χ1n) is 7.82. The fourth-order valence-corrected chi connectivity index (χ4v) is 3.24. The highest BCUT2D eigenvalue weighted by molar-refractivity contribution is 7.89. The smallest absolute Gasteiger partial charge is 0.338 e. The number of sulfone groups is 1. The molecular formula is C18H15ClN2O5S. The topological polar surface area (TPSA) is 99.4 Å². The Bertz CT molecular complexity index is 1060. The highest BCUT2D eigenvalue weighted by Gasteiger charge is 2.14. The lowest BCUT2D eigenvalue weighted by Gasteiger charge is -2.04. The Labute approximate surface area is 160 Å². The number of aromatic nitrogens is 2. The predicted octanol–water partition coefficient (Wildman–Crippen LogP) is 3.29. The molecule has 0 aliphatic carbocycles. The van der Waals surface area contributed by atoms with Crippen LogP contribution in [-0.4, -0.2) is 30.8 Å². The molecular weight excluding hydrogens is 392 g/mol. The molecule has 0 atom stereocenters. The zero-order valence-corrected chi connectivity index (χ0v) is 15.8. The van der Waals surface area contributed by atoms with Gasteiger partial charge in [-0.25, -0.2) is 13.2 Å². The summed E-state index contributed by atoms with van der Waals surface area (Å²) in [6.45, 7) is -0.199. The molecule has 3 rings (SSSR count). The molecule has 0 fully saturated rings. The van der Waals surface area contributed by atoms with Gasteiger partial charge in [0.05, 0.1) is 11.3 Å². The Kier molecular flexibility index (Phi) is 5.57. The highest BCUT2D eigenvalue weighted by Crippen LogP contribution is 2.19. The van der Waals surface area contributed by atoms with Crippen molar-refractivity contribution in [1.82, 2.24) is 10.1 Å². The highest BCUT2D eigenvalue weighted by atomic mass is 35.5. The van der Waals surface area contributed by atoms with E-state index in [1.165, 1.54) is 6.07 Å². The summed E-state index contributed by atoms with van der Waals surface area (Å²) in [7, 11) is -3.19. The molecule has 9 heteroatoms. The SMILES string of the molecule is CS(=O)(=O)Cc1cccc(C(=O)OCc2nc(-c3ccc(Cl)cc3)no2)c1. The van der Waals surface area contributed by atoms with E-state index >= 15 is 0 Å². The van der Waals surface area contributed by atoms with Crippen LogP contribution in [0.3, 0.4) is 0 Å². The van der Waals surface area contributed by atoms with Gasteiger partial charge < -0.3 is 9.26 Å². The second kappa shape index (κ2) is 7.89. The summed E-state index contributed by atoms with van der Waals surface area (Å²) in [6.07, 6.45) is 1.13. The molecule has 0 aliphatic heterocycles. The molecule has 0 amide bonds. The zero-order valence-electron chi connectivity index (χ0n) is 14.3. The molecule has 0 spiro atoms. The lowest BCUT2D eigenvalue weighted by atomic mass is 10.1. The van der Waals surface area contributed by atoms with Gasteiger partial charge in [0.15, 0.2) is 16.4 Å². The third kappa shape index (κ3) is 5.38. The summed E-state index contributed by atoms with van der Waals surface area (Å²) in [5, 5.41) is 4.43. The Hall–Kier alpha value is -2.71. The molecule has 27 heavy (non-hydrogen) atoms. The van der Waals surface area contributed by atoms with Gasteiger partial charge in [0, 0.05) is 16.8 Å². The number of halogens is 1. The molecule has 0 radical (unpaired) electrons. The number of esters is 1. The van der Waals surface area contributed by atoms with Crippen LogP contribution in [0.4, 0.5) is 0 Å². The van der Waals surface area contributed by atoms with E-state index in [2.05, 4.69) is 10.1 Å². The minimum Gasteiger partial charge on any atom is -0.452 e. The molecule has 1 aromatic heterocycles. The van der Waals surface area contributed by atoms with Crippen molar-refractivity contribution in [2.24, 2.45) is 0 Å². The number of carbonyl (C=O) groups is 1. The quantitative estimate of drug-likeness (QED) is 0.579. The van der Waals surface area contributed by atoms with Gasteiger partial charge >= 0.3 is 5.97 Å². The average Bonchev–Trinajstić information content (AvgIpc) is 3.08. The van der Waals surface area contributed by atoms with Crippen molar-refractivity contribution in [2.45, 2.75) is 12.4 Å². The van der Waals surface area contributed by atoms with Crippen molar-refractivity contribution in [1.29, 1.82) is 0 Å². The van der Waals surface area contributed by atoms with Crippen LogP contribution in [0.15, 0.2) is 53.1 Å². The molecule has 7 nitrogen and oxygen atoms in total. The molecule has 0 unspecified atom stereocenters. The first-order chi connectivity index (χ1) is 12.8. The number of benzene rings is 2. The van der Waals surface area contributed by atoms with Crippen LogP contribution in [0, 0.1) is 0 Å². The Morgan fingerprint density at radius 3 is 2.63 bits per heavy atom. The normalized spacial score (nSPS) is 11.3. The predicted molar refractivity (Wildman–Crippen MR) is 98.9 cm³/mol. The maximum absolute atomic E-state index is 12.2. The van der Waals surface area contributed by atoms with Crippen LogP contribution in [0.25, 0.3) is 11.4 Å². The summed E-state index contributed by atoms with van der Waals surface area (Å²) in [4.78, 5) is 16.3. The van der Waals surface area contributed by atoms with E-state index in [1.54, 1.807) is 42.5 Å². The second-order valence-corrected chi connectivity index (χ2v) is 8.44. The van der Waals surface area contributed by atoms with Gasteiger partial charge in [0.1, 0.15) is 0 Å². The molecule has 0 N–H and O–H groups in total. The molecule has 3 aromatic rings. The minimum atomic E-state index is -3.19. The van der Waals surface area contributed by atoms with E-state index in [-0.39, 0.29) is 23.8 Å². The van der Waals surface area contributed by atoms with E-state index in [0.29, 0.717) is 22.0 Å². The van der Waals surface area contributed by atoms with Crippen molar-refractivity contribution >= 4 is 27.4 Å². The lowest BCUT2D eigenvalue weighted by molar-refractivity contribution is 0.0429. The van der Waals surface area contributed by atoms with E-state index in [0.717, 1.165) is 6.26 Å². The number of nitrogens with zero attached hydrogens (tertiary/aromatic N) is 2. The van der Waals surface area contributed by atoms with Crippen LogP contribution in [0.5, 0.6) is 0 Å². The fourth-order valence-electron chi connectivity index (χ4n) is 2.33. The van der Waals surface area contributed by atoms with Gasteiger partial charge in [-0.3, -0.25) is 0 Å². The van der Waals surface area contributed by atoms with Crippen LogP contribution < -0.4 is 0 Å². The number of hydrogen-bond donors (Lipinski definition) is 0. The van der Waals surface area contributed by atoms with Gasteiger partial charge in [-0.1, -0.05) is 28.9 Å². The fraction of sp³-hybridized carbons (Fsp3) is 0.167. The van der Waals surface area contributed by atoms with Crippen LogP contribution in [0.2, 0.25) is 5.02 Å². The number of rotatable bonds is 6. The Morgan fingerprint density at radius 1 is 1.19 bits per heavy atom. The minimum absolute atomic E-state index is 0.139. The Balaban J connectivity index is 1.64. The van der Waals surface area contributed by atoms with Gasteiger partial charge in [-0.2, -0.15) is 4.98 Å². The number of carbonyl (C=O) groups excluding carboxylic acids is 1. The zero-order chi connectivity index (χ0) is 19.4. The largest absolute Gasteiger partial charge is 0.452 e. The van der Waals surface area contributed by atoms with E-state index in [4.69, 9.17) is 20.9 Å². The summed E-state index contributed by atoms with van der Waals surface area (Å²) in [6, 6.07) is 13.2. The number of hydrogen-bond acceptors (Lipinski definition) is 7. The van der Waals surface area contributed by atoms with Crippen LogP contribution in [-0.2, 0) is 26.9 Å². The van der Waals surface area contributed by atoms with Gasteiger partial charge in [0.2, 0.25) is 5.82 Å². The third-order valence-corrected chi connectivity index (χ3v) is 4.60. The summed E-state index contributed by atoms with van der Waals surface area (Å²) < 4.78 is 33.0. The molecule has 1 heterocycles. The molecule has 0 aliphatic rings. The van der Waals surface area contributed by atoms with Crippen LogP contribution in [0.1, 0.15) is 21.8 Å². The van der Waals surface area contributed by atoms with E-state index in [1.807, 2.05) is 0 Å². The van der Waals surface area contributed by atoms with Gasteiger partial charge in [-0.05, 0) is 42.0 Å². The monoisotopic (exact) mass is 406 g/mol. The molecule has 0 saturated heterocycles. The summed E-state index contributed by atoms with van der Waals surface area (Å²) in [5.74, 6) is -0.271. The van der Waals surface area contributed by atoms with E-state index < -0.39 is 15.8 Å². The standard InChI is InChI=1S/C18H15ClN2O5S/c1-27(23,24)11-12-3-2-4-14(9-12)18(22)25-10-16-20-17(21-26-16)13-5-7-15(19)8-6-13/h2-9H,10-11H2,1H3. The molecule has 140 valence electrons. The Morgan fingerprint density at radius 2 is 1.93 bits per heavy atom. The van der Waals surface area contributed by atoms with Crippen molar-refractivity contribution in [3.63, 3.8) is 0 Å². The van der Waals surface area contributed by atoms with E-state index in [9.17, 15) is 13.2 Å². The second-order valence-electron chi connectivity index (χ2n) is 5.87. The van der Waals surface area contributed by atoms with Crippen molar-refractivity contribution < 1.29 is 22.5 Å². The van der Waals surface area contributed by atoms with Gasteiger partial charge in [0.25, 0.3) is 5.89 Å². The van der Waals surface area contributed by atoms with Crippen molar-refractivity contribution in [3.05, 3.63) is 70.6 Å². The van der Waals surface area contributed by atoms with Crippen molar-refractivity contribution in [2.75, 3.05) is 6.26 Å². The first-order valence-corrected chi connectivity index (χ1v) is 10.3. The van der Waals surface area contributed by atoms with Crippen LogP contribution >= 0.6 is 11.6 Å². The lowest BCUT2D eigenvalue weighted by Crippen LogP contribution is -2.07. The molecule has 0 saturated carbocycles. The maximum atomic E-state index is 12.2. The van der Waals surface area contributed by atoms with Gasteiger partial charge in [-0.15, -0.1) is 0 Å².